The van der Waals surface area contributed by atoms with E-state index in [2.05, 4.69) is 315 Å². The number of hydrogen-bond donors (Lipinski definition) is 0. The molecule has 0 aromatic heterocycles. The Morgan fingerprint density at radius 1 is 0.205 bits per heavy atom. The van der Waals surface area contributed by atoms with Gasteiger partial charge in [0.1, 0.15) is 0 Å². The van der Waals surface area contributed by atoms with Crippen LogP contribution in [0.4, 0.5) is 34.1 Å². The first kappa shape index (κ1) is 44.9. The van der Waals surface area contributed by atoms with E-state index in [1.54, 1.807) is 0 Å². The fourth-order valence-electron chi connectivity index (χ4n) is 10.4. The SMILES string of the molecule is CC(C)(c1ccccc1)c1ccc(-c2ccc(-c3cc(N(c4ccccc4)c4ccc(-c5ccc6ccccc6c5)cc4)cc(N(c4ccccc4)c4ccc(-c5ccc6ccccc6c5)cc4)c3)cc2)cc1. The van der Waals surface area contributed by atoms with E-state index in [0.717, 1.165) is 45.3 Å². The van der Waals surface area contributed by atoms with Gasteiger partial charge in [-0.25, -0.2) is 0 Å². The number of benzene rings is 12. The van der Waals surface area contributed by atoms with Crippen molar-refractivity contribution in [2.75, 3.05) is 9.80 Å². The van der Waals surface area contributed by atoms with Crippen molar-refractivity contribution >= 4 is 55.7 Å². The van der Waals surface area contributed by atoms with Gasteiger partial charge in [-0.3, -0.25) is 0 Å². The van der Waals surface area contributed by atoms with Crippen LogP contribution < -0.4 is 9.80 Å². The van der Waals surface area contributed by atoms with Crippen LogP contribution in [0.25, 0.3) is 66.1 Å². The van der Waals surface area contributed by atoms with Crippen LogP contribution in [0.5, 0.6) is 0 Å². The lowest BCUT2D eigenvalue weighted by molar-refractivity contribution is 0.641. The van der Waals surface area contributed by atoms with Gasteiger partial charge in [-0.2, -0.15) is 0 Å². The second kappa shape index (κ2) is 19.5. The highest BCUT2D eigenvalue weighted by atomic mass is 15.2. The standard InChI is InChI=1S/C71H54N2/c1-71(2,63-20-6-3-7-21-63)64-40-34-54(35-41-64)53-26-28-57(29-27-53)62-48-69(72(65-22-8-4-9-23-65)67-42-36-55(37-43-67)60-32-30-51-16-12-14-18-58(51)46-60)50-70(49-62)73(66-24-10-5-11-25-66)68-44-38-56(39-45-68)61-33-31-52-17-13-15-19-59(52)47-61/h3-50H,1-2H3. The van der Waals surface area contributed by atoms with E-state index >= 15 is 0 Å². The highest BCUT2D eigenvalue weighted by molar-refractivity contribution is 5.91. The van der Waals surface area contributed by atoms with Gasteiger partial charge in [0.2, 0.25) is 0 Å². The highest BCUT2D eigenvalue weighted by Crippen LogP contribution is 2.44. The van der Waals surface area contributed by atoms with E-state index in [1.807, 2.05) is 0 Å². The molecule has 12 aromatic rings. The van der Waals surface area contributed by atoms with E-state index in [0.29, 0.717) is 0 Å². The van der Waals surface area contributed by atoms with Crippen LogP contribution in [0, 0.1) is 0 Å². The minimum atomic E-state index is -0.105. The Morgan fingerprint density at radius 2 is 0.507 bits per heavy atom. The second-order valence-corrected chi connectivity index (χ2v) is 19.4. The van der Waals surface area contributed by atoms with Gasteiger partial charge >= 0.3 is 0 Å². The third kappa shape index (κ3) is 9.19. The molecule has 12 aromatic carbocycles. The zero-order valence-corrected chi connectivity index (χ0v) is 41.1. The molecule has 0 aliphatic carbocycles. The van der Waals surface area contributed by atoms with Crippen LogP contribution in [0.2, 0.25) is 0 Å². The molecule has 0 saturated carbocycles. The third-order valence-corrected chi connectivity index (χ3v) is 14.5. The van der Waals surface area contributed by atoms with E-state index in [4.69, 9.17) is 0 Å². The van der Waals surface area contributed by atoms with E-state index in [1.165, 1.54) is 66.1 Å². The zero-order valence-electron chi connectivity index (χ0n) is 41.1. The average molecular weight is 935 g/mol. The largest absolute Gasteiger partial charge is 0.310 e. The summed E-state index contributed by atoms with van der Waals surface area (Å²) in [7, 11) is 0. The van der Waals surface area contributed by atoms with Gasteiger partial charge in [-0.1, -0.05) is 226 Å². The van der Waals surface area contributed by atoms with Crippen LogP contribution in [0.15, 0.2) is 291 Å². The summed E-state index contributed by atoms with van der Waals surface area (Å²) in [5.41, 5.74) is 18.2. The maximum absolute atomic E-state index is 2.38. The van der Waals surface area contributed by atoms with Crippen molar-refractivity contribution in [1.82, 2.24) is 0 Å². The lowest BCUT2D eigenvalue weighted by Gasteiger charge is -2.30. The molecular formula is C71H54N2. The Morgan fingerprint density at radius 3 is 0.945 bits per heavy atom. The molecule has 0 fully saturated rings. The summed E-state index contributed by atoms with van der Waals surface area (Å²) < 4.78 is 0. The molecule has 0 radical (unpaired) electrons. The number of para-hydroxylation sites is 2. The molecule has 0 unspecified atom stereocenters. The van der Waals surface area contributed by atoms with Crippen LogP contribution in [0.1, 0.15) is 25.0 Å². The molecule has 2 heteroatoms. The Kier molecular flexibility index (Phi) is 12.0. The van der Waals surface area contributed by atoms with Crippen molar-refractivity contribution in [2.45, 2.75) is 19.3 Å². The molecule has 0 aliphatic heterocycles. The average Bonchev–Trinajstić information content (AvgIpc) is 3.46. The molecule has 0 amide bonds. The minimum absolute atomic E-state index is 0.105. The maximum Gasteiger partial charge on any atom is 0.0488 e. The first-order valence-corrected chi connectivity index (χ1v) is 25.2. The summed E-state index contributed by atoms with van der Waals surface area (Å²) in [6, 6.07) is 106. The van der Waals surface area contributed by atoms with Gasteiger partial charge in [-0.15, -0.1) is 0 Å². The first-order valence-electron chi connectivity index (χ1n) is 25.2. The van der Waals surface area contributed by atoms with Gasteiger partial charge in [-0.05, 0) is 156 Å². The summed E-state index contributed by atoms with van der Waals surface area (Å²) in [6.45, 7) is 4.60. The fraction of sp³-hybridized carbons (Fsp3) is 0.0423. The van der Waals surface area contributed by atoms with Crippen molar-refractivity contribution in [3.05, 3.63) is 302 Å². The number of hydrogen-bond acceptors (Lipinski definition) is 2. The molecule has 0 saturated heterocycles. The molecule has 73 heavy (non-hydrogen) atoms. The molecule has 0 atom stereocenters. The van der Waals surface area contributed by atoms with Crippen molar-refractivity contribution in [2.24, 2.45) is 0 Å². The Labute approximate surface area is 429 Å². The van der Waals surface area contributed by atoms with Crippen molar-refractivity contribution in [3.8, 4) is 44.5 Å². The summed E-state index contributed by atoms with van der Waals surface area (Å²) in [6.07, 6.45) is 0. The molecule has 0 aliphatic rings. The minimum Gasteiger partial charge on any atom is -0.310 e. The molecule has 2 nitrogen and oxygen atoms in total. The van der Waals surface area contributed by atoms with Gasteiger partial charge < -0.3 is 9.80 Å². The fourth-order valence-corrected chi connectivity index (χ4v) is 10.4. The van der Waals surface area contributed by atoms with Gasteiger partial charge in [0.25, 0.3) is 0 Å². The topological polar surface area (TPSA) is 6.48 Å². The van der Waals surface area contributed by atoms with Gasteiger partial charge in [0.05, 0.1) is 0 Å². The van der Waals surface area contributed by atoms with Crippen molar-refractivity contribution in [3.63, 3.8) is 0 Å². The maximum atomic E-state index is 2.38. The van der Waals surface area contributed by atoms with Crippen LogP contribution in [-0.2, 0) is 5.41 Å². The first-order chi connectivity index (χ1) is 35.9. The van der Waals surface area contributed by atoms with Crippen LogP contribution >= 0.6 is 0 Å². The summed E-state index contributed by atoms with van der Waals surface area (Å²) in [5.74, 6) is 0. The zero-order chi connectivity index (χ0) is 49.1. The number of rotatable bonds is 12. The summed E-state index contributed by atoms with van der Waals surface area (Å²) in [5, 5.41) is 4.95. The Hall–Kier alpha value is -9.24. The normalized spacial score (nSPS) is 11.4. The highest BCUT2D eigenvalue weighted by Gasteiger charge is 2.23. The van der Waals surface area contributed by atoms with E-state index in [9.17, 15) is 0 Å². The van der Waals surface area contributed by atoms with Gasteiger partial charge in [0, 0.05) is 39.5 Å². The summed E-state index contributed by atoms with van der Waals surface area (Å²) in [4.78, 5) is 4.77. The molecule has 0 spiro atoms. The molecule has 12 rings (SSSR count). The monoisotopic (exact) mass is 934 g/mol. The molecule has 348 valence electrons. The number of fused-ring (bicyclic) bond motifs is 2. The van der Waals surface area contributed by atoms with Crippen molar-refractivity contribution < 1.29 is 0 Å². The van der Waals surface area contributed by atoms with Crippen molar-refractivity contribution in [1.29, 1.82) is 0 Å². The lowest BCUT2D eigenvalue weighted by Crippen LogP contribution is -2.18. The quantitative estimate of drug-likeness (QED) is 0.120. The smallest absolute Gasteiger partial charge is 0.0488 e. The lowest BCUT2D eigenvalue weighted by atomic mass is 9.78. The molecular weight excluding hydrogens is 881 g/mol. The summed E-state index contributed by atoms with van der Waals surface area (Å²) >= 11 is 0. The Balaban J connectivity index is 0.970. The van der Waals surface area contributed by atoms with Crippen LogP contribution in [-0.4, -0.2) is 0 Å². The third-order valence-electron chi connectivity index (χ3n) is 14.5. The number of anilines is 6. The molecule has 0 bridgehead atoms. The number of nitrogens with zero attached hydrogens (tertiary/aromatic N) is 2. The van der Waals surface area contributed by atoms with Gasteiger partial charge in [0.15, 0.2) is 0 Å². The molecule has 0 heterocycles. The molecule has 0 N–H and O–H groups in total. The predicted molar refractivity (Wildman–Crippen MR) is 311 cm³/mol. The second-order valence-electron chi connectivity index (χ2n) is 19.4. The van der Waals surface area contributed by atoms with Crippen LogP contribution in [0.3, 0.4) is 0 Å². The Bertz CT molecular complexity index is 3640. The predicted octanol–water partition coefficient (Wildman–Crippen LogP) is 19.9. The van der Waals surface area contributed by atoms with E-state index < -0.39 is 0 Å². The van der Waals surface area contributed by atoms with E-state index in [-0.39, 0.29) is 5.41 Å².